The molecule has 0 heterocycles. The Hall–Kier alpha value is -1.70. The Morgan fingerprint density at radius 3 is 2.26 bits per heavy atom. The molecule has 0 aliphatic heterocycles. The summed E-state index contributed by atoms with van der Waals surface area (Å²) in [6.45, 7) is 6.12. The highest BCUT2D eigenvalue weighted by molar-refractivity contribution is 5.67. The van der Waals surface area contributed by atoms with Crippen LogP contribution in [0.5, 0.6) is 0 Å². The van der Waals surface area contributed by atoms with Crippen LogP contribution in [0.2, 0.25) is 0 Å². The lowest BCUT2D eigenvalue weighted by atomic mass is 9.70. The Morgan fingerprint density at radius 2 is 1.58 bits per heavy atom. The lowest BCUT2D eigenvalue weighted by Gasteiger charge is -2.35. The fourth-order valence-corrected chi connectivity index (χ4v) is 7.66. The summed E-state index contributed by atoms with van der Waals surface area (Å²) < 4.78 is 30.1. The van der Waals surface area contributed by atoms with Gasteiger partial charge in [-0.1, -0.05) is 75.5 Å². The van der Waals surface area contributed by atoms with Crippen LogP contribution in [0.3, 0.4) is 0 Å². The van der Waals surface area contributed by atoms with Gasteiger partial charge in [0, 0.05) is 5.56 Å². The normalized spacial score (nSPS) is 28.4. The molecule has 4 rings (SSSR count). The standard InChI is InChI=1S/C36H52F2/c1-3-5-6-10-29-17-19-30(20-18-29)31-21-23-32(24-22-31)34-26-25-33(35(37)36(34)38)12-8-7-11-28-15-13-27(9-4-2)14-16-28/h3,7,11,23,25-31H,1,4-6,8-10,12-22,24H2,2H3. The van der Waals surface area contributed by atoms with E-state index in [0.29, 0.717) is 29.4 Å². The molecule has 1 unspecified atom stereocenters. The van der Waals surface area contributed by atoms with Gasteiger partial charge in [-0.05, 0) is 124 Å². The van der Waals surface area contributed by atoms with E-state index in [1.165, 1.54) is 77.0 Å². The molecule has 2 saturated carbocycles. The molecular formula is C36H52F2. The molecule has 0 amide bonds. The molecule has 1 aromatic rings. The molecule has 1 atom stereocenters. The van der Waals surface area contributed by atoms with Crippen molar-refractivity contribution in [2.75, 3.05) is 0 Å². The predicted octanol–water partition coefficient (Wildman–Crippen LogP) is 11.4. The summed E-state index contributed by atoms with van der Waals surface area (Å²) in [5.41, 5.74) is 2.03. The maximum atomic E-state index is 15.1. The predicted molar refractivity (Wildman–Crippen MR) is 159 cm³/mol. The first kappa shape index (κ1) is 29.3. The van der Waals surface area contributed by atoms with Crippen LogP contribution < -0.4 is 0 Å². The van der Waals surface area contributed by atoms with Gasteiger partial charge in [0.2, 0.25) is 0 Å². The van der Waals surface area contributed by atoms with Gasteiger partial charge in [-0.15, -0.1) is 6.58 Å². The lowest BCUT2D eigenvalue weighted by molar-refractivity contribution is 0.188. The molecule has 2 heteroatoms. The summed E-state index contributed by atoms with van der Waals surface area (Å²) in [6, 6.07) is 3.67. The number of hydrogen-bond acceptors (Lipinski definition) is 0. The van der Waals surface area contributed by atoms with Crippen molar-refractivity contribution < 1.29 is 8.78 Å². The minimum absolute atomic E-state index is 0.495. The third kappa shape index (κ3) is 8.15. The van der Waals surface area contributed by atoms with E-state index in [0.717, 1.165) is 55.4 Å². The number of unbranched alkanes of at least 4 members (excludes halogenated alkanes) is 1. The fourth-order valence-electron chi connectivity index (χ4n) is 7.66. The minimum Gasteiger partial charge on any atom is -0.203 e. The lowest BCUT2D eigenvalue weighted by Crippen LogP contribution is -2.23. The summed E-state index contributed by atoms with van der Waals surface area (Å²) in [5.74, 6) is 2.76. The van der Waals surface area contributed by atoms with Gasteiger partial charge in [0.05, 0.1) is 0 Å². The van der Waals surface area contributed by atoms with E-state index in [1.54, 1.807) is 0 Å². The van der Waals surface area contributed by atoms with Crippen molar-refractivity contribution in [3.05, 3.63) is 65.8 Å². The average Bonchev–Trinajstić information content (AvgIpc) is 2.95. The summed E-state index contributed by atoms with van der Waals surface area (Å²) in [6.07, 6.45) is 30.3. The zero-order valence-corrected chi connectivity index (χ0v) is 24.0. The second-order valence-corrected chi connectivity index (χ2v) is 12.7. The van der Waals surface area contributed by atoms with Gasteiger partial charge < -0.3 is 0 Å². The van der Waals surface area contributed by atoms with Crippen molar-refractivity contribution in [1.29, 1.82) is 0 Å². The Labute approximate surface area is 232 Å². The Morgan fingerprint density at radius 1 is 0.842 bits per heavy atom. The molecule has 210 valence electrons. The number of allylic oxidation sites excluding steroid dienone is 5. The van der Waals surface area contributed by atoms with Gasteiger partial charge in [0.1, 0.15) is 0 Å². The molecule has 3 aliphatic rings. The molecule has 0 saturated heterocycles. The first-order valence-electron chi connectivity index (χ1n) is 16.0. The van der Waals surface area contributed by atoms with Crippen LogP contribution in [0.4, 0.5) is 8.78 Å². The van der Waals surface area contributed by atoms with Gasteiger partial charge in [-0.2, -0.15) is 0 Å². The van der Waals surface area contributed by atoms with Crippen LogP contribution in [0.15, 0.2) is 43.0 Å². The van der Waals surface area contributed by atoms with Crippen LogP contribution in [0.1, 0.15) is 127 Å². The third-order valence-electron chi connectivity index (χ3n) is 10.1. The first-order valence-corrected chi connectivity index (χ1v) is 16.0. The zero-order chi connectivity index (χ0) is 26.7. The molecular weight excluding hydrogens is 470 g/mol. The maximum Gasteiger partial charge on any atom is 0.166 e. The van der Waals surface area contributed by atoms with Crippen molar-refractivity contribution in [3.8, 4) is 0 Å². The Kier molecular flexibility index (Phi) is 11.7. The summed E-state index contributed by atoms with van der Waals surface area (Å²) >= 11 is 0. The Bertz CT molecular complexity index is 925. The molecule has 2 fully saturated rings. The summed E-state index contributed by atoms with van der Waals surface area (Å²) in [5, 5.41) is 0. The van der Waals surface area contributed by atoms with Crippen LogP contribution >= 0.6 is 0 Å². The van der Waals surface area contributed by atoms with E-state index >= 15 is 4.39 Å². The SMILES string of the molecule is C=CCCCC1CCC(C2CC=C(c3ccc(CCC=CC4CCC(CCC)CC4)c(F)c3F)CC2)CC1. The zero-order valence-electron chi connectivity index (χ0n) is 24.0. The van der Waals surface area contributed by atoms with Crippen LogP contribution in [-0.4, -0.2) is 0 Å². The van der Waals surface area contributed by atoms with Crippen molar-refractivity contribution in [2.45, 2.75) is 122 Å². The van der Waals surface area contributed by atoms with Gasteiger partial charge >= 0.3 is 0 Å². The van der Waals surface area contributed by atoms with Crippen molar-refractivity contribution in [1.82, 2.24) is 0 Å². The third-order valence-corrected chi connectivity index (χ3v) is 10.1. The van der Waals surface area contributed by atoms with Crippen molar-refractivity contribution in [2.24, 2.45) is 29.6 Å². The van der Waals surface area contributed by atoms with Gasteiger partial charge in [-0.25, -0.2) is 8.78 Å². The van der Waals surface area contributed by atoms with Crippen molar-refractivity contribution >= 4 is 5.57 Å². The maximum absolute atomic E-state index is 15.1. The second kappa shape index (κ2) is 15.2. The van der Waals surface area contributed by atoms with E-state index in [4.69, 9.17) is 0 Å². The van der Waals surface area contributed by atoms with E-state index in [1.807, 2.05) is 18.2 Å². The van der Waals surface area contributed by atoms with E-state index in [2.05, 4.69) is 31.7 Å². The molecule has 0 radical (unpaired) electrons. The Balaban J connectivity index is 1.23. The van der Waals surface area contributed by atoms with E-state index in [9.17, 15) is 4.39 Å². The summed E-state index contributed by atoms with van der Waals surface area (Å²) in [7, 11) is 0. The average molecular weight is 523 g/mol. The molecule has 1 aromatic carbocycles. The smallest absolute Gasteiger partial charge is 0.166 e. The van der Waals surface area contributed by atoms with Crippen LogP contribution in [0, 0.1) is 41.2 Å². The van der Waals surface area contributed by atoms with E-state index < -0.39 is 11.6 Å². The summed E-state index contributed by atoms with van der Waals surface area (Å²) in [4.78, 5) is 0. The molecule has 3 aliphatic carbocycles. The quantitative estimate of drug-likeness (QED) is 0.189. The van der Waals surface area contributed by atoms with Gasteiger partial charge in [0.15, 0.2) is 11.6 Å². The molecule has 38 heavy (non-hydrogen) atoms. The highest BCUT2D eigenvalue weighted by Crippen LogP contribution is 2.42. The number of hydrogen-bond donors (Lipinski definition) is 0. The number of rotatable bonds is 12. The van der Waals surface area contributed by atoms with Gasteiger partial charge in [-0.3, -0.25) is 0 Å². The molecule has 0 N–H and O–H groups in total. The van der Waals surface area contributed by atoms with Crippen LogP contribution in [-0.2, 0) is 6.42 Å². The monoisotopic (exact) mass is 522 g/mol. The first-order chi connectivity index (χ1) is 18.6. The molecule has 0 nitrogen and oxygen atoms in total. The van der Waals surface area contributed by atoms with Crippen LogP contribution in [0.25, 0.3) is 5.57 Å². The highest BCUT2D eigenvalue weighted by atomic mass is 19.2. The van der Waals surface area contributed by atoms with E-state index in [-0.39, 0.29) is 0 Å². The number of aryl methyl sites for hydroxylation is 1. The molecule has 0 spiro atoms. The number of benzene rings is 1. The molecule has 0 aromatic heterocycles. The minimum atomic E-state index is -0.634. The number of halogens is 2. The van der Waals surface area contributed by atoms with Gasteiger partial charge in [0.25, 0.3) is 0 Å². The second-order valence-electron chi connectivity index (χ2n) is 12.7. The molecule has 0 bridgehead atoms. The largest absolute Gasteiger partial charge is 0.203 e. The van der Waals surface area contributed by atoms with Crippen molar-refractivity contribution in [3.63, 3.8) is 0 Å². The highest BCUT2D eigenvalue weighted by Gasteiger charge is 2.29. The topological polar surface area (TPSA) is 0 Å². The fraction of sp³-hybridized carbons (Fsp3) is 0.667.